The first-order chi connectivity index (χ1) is 8.16. The Morgan fingerprint density at radius 1 is 1.35 bits per heavy atom. The zero-order chi connectivity index (χ0) is 12.3. The van der Waals surface area contributed by atoms with E-state index in [0.29, 0.717) is 0 Å². The van der Waals surface area contributed by atoms with E-state index in [0.717, 1.165) is 12.1 Å². The lowest BCUT2D eigenvalue weighted by molar-refractivity contribution is 0.0837. The largest absolute Gasteiger partial charge is 0.484 e. The molecule has 2 aromatic rings. The summed E-state index contributed by atoms with van der Waals surface area (Å²) in [6.45, 7) is -0.276. The minimum atomic E-state index is -1.02. The fraction of sp³-hybridized carbons (Fsp3) is 0.0909. The number of ether oxygens (including phenoxy) is 1. The first-order valence-corrected chi connectivity index (χ1v) is 4.76. The molecule has 4 nitrogen and oxygen atoms in total. The highest BCUT2D eigenvalue weighted by atomic mass is 19.2. The van der Waals surface area contributed by atoms with Gasteiger partial charge in [0, 0.05) is 18.5 Å². The number of hydrogen-bond acceptors (Lipinski definition) is 3. The standard InChI is InChI=1S/C11H8F2N2O2/c12-9-2-1-8(5-10(9)13)17-6-11(16)15-4-3-14-7-15/h1-5,7H,6H2. The molecule has 17 heavy (non-hydrogen) atoms. The van der Waals surface area contributed by atoms with E-state index in [-0.39, 0.29) is 18.3 Å². The summed E-state index contributed by atoms with van der Waals surface area (Å²) in [6, 6.07) is 3.07. The van der Waals surface area contributed by atoms with Crippen molar-refractivity contribution in [3.8, 4) is 5.75 Å². The molecule has 0 unspecified atom stereocenters. The van der Waals surface area contributed by atoms with E-state index >= 15 is 0 Å². The minimum Gasteiger partial charge on any atom is -0.484 e. The lowest BCUT2D eigenvalue weighted by Crippen LogP contribution is -2.17. The van der Waals surface area contributed by atoms with Crippen LogP contribution >= 0.6 is 0 Å². The summed E-state index contributed by atoms with van der Waals surface area (Å²) in [5.41, 5.74) is 0. The molecule has 0 bridgehead atoms. The van der Waals surface area contributed by atoms with Gasteiger partial charge in [-0.15, -0.1) is 0 Å². The molecule has 1 aromatic carbocycles. The maximum absolute atomic E-state index is 12.8. The van der Waals surface area contributed by atoms with Gasteiger partial charge in [-0.2, -0.15) is 0 Å². The van der Waals surface area contributed by atoms with Crippen LogP contribution in [0.4, 0.5) is 8.78 Å². The Kier molecular flexibility index (Phi) is 3.13. The topological polar surface area (TPSA) is 44.1 Å². The molecule has 0 aliphatic heterocycles. The molecule has 0 amide bonds. The number of benzene rings is 1. The summed E-state index contributed by atoms with van der Waals surface area (Å²) in [4.78, 5) is 15.2. The lowest BCUT2D eigenvalue weighted by Gasteiger charge is -2.05. The molecule has 0 aliphatic rings. The number of halogens is 2. The highest BCUT2D eigenvalue weighted by Gasteiger charge is 2.07. The van der Waals surface area contributed by atoms with E-state index in [1.807, 2.05) is 0 Å². The van der Waals surface area contributed by atoms with Gasteiger partial charge in [0.05, 0.1) is 0 Å². The van der Waals surface area contributed by atoms with Crippen LogP contribution in [0, 0.1) is 11.6 Å². The number of carbonyl (C=O) groups is 1. The number of aromatic nitrogens is 2. The molecule has 0 saturated heterocycles. The van der Waals surface area contributed by atoms with Crippen molar-refractivity contribution in [3.05, 3.63) is 48.6 Å². The second-order valence-electron chi connectivity index (χ2n) is 3.23. The van der Waals surface area contributed by atoms with Gasteiger partial charge in [0.25, 0.3) is 5.91 Å². The molecule has 0 N–H and O–H groups in total. The predicted octanol–water partition coefficient (Wildman–Crippen LogP) is 1.88. The zero-order valence-electron chi connectivity index (χ0n) is 8.64. The first kappa shape index (κ1) is 11.3. The van der Waals surface area contributed by atoms with Gasteiger partial charge in [-0.3, -0.25) is 9.36 Å². The van der Waals surface area contributed by atoms with Crippen LogP contribution in [0.2, 0.25) is 0 Å². The van der Waals surface area contributed by atoms with Crippen molar-refractivity contribution < 1.29 is 18.3 Å². The lowest BCUT2D eigenvalue weighted by atomic mass is 10.3. The van der Waals surface area contributed by atoms with Crippen LogP contribution in [0.3, 0.4) is 0 Å². The van der Waals surface area contributed by atoms with Crippen molar-refractivity contribution in [2.45, 2.75) is 0 Å². The smallest absolute Gasteiger partial charge is 0.269 e. The van der Waals surface area contributed by atoms with Gasteiger partial charge in [-0.25, -0.2) is 13.8 Å². The number of rotatable bonds is 3. The normalized spacial score (nSPS) is 10.2. The quantitative estimate of drug-likeness (QED) is 0.820. The fourth-order valence-electron chi connectivity index (χ4n) is 1.19. The van der Waals surface area contributed by atoms with E-state index in [9.17, 15) is 13.6 Å². The highest BCUT2D eigenvalue weighted by Crippen LogP contribution is 2.15. The molecule has 88 valence electrons. The average Bonchev–Trinajstić information content (AvgIpc) is 2.84. The summed E-state index contributed by atoms with van der Waals surface area (Å²) < 4.78 is 31.7. The second-order valence-corrected chi connectivity index (χ2v) is 3.23. The Labute approximate surface area is 95.5 Å². The number of carbonyl (C=O) groups excluding carboxylic acids is 1. The maximum atomic E-state index is 12.8. The summed E-state index contributed by atoms with van der Waals surface area (Å²) >= 11 is 0. The Hall–Kier alpha value is -2.24. The van der Waals surface area contributed by atoms with E-state index in [1.54, 1.807) is 0 Å². The van der Waals surface area contributed by atoms with Gasteiger partial charge >= 0.3 is 0 Å². The molecule has 1 aromatic heterocycles. The van der Waals surface area contributed by atoms with E-state index in [1.165, 1.54) is 29.4 Å². The molecular weight excluding hydrogens is 230 g/mol. The van der Waals surface area contributed by atoms with Crippen molar-refractivity contribution in [1.82, 2.24) is 9.55 Å². The molecule has 2 rings (SSSR count). The van der Waals surface area contributed by atoms with Crippen LogP contribution < -0.4 is 4.74 Å². The van der Waals surface area contributed by atoms with Crippen LogP contribution in [-0.4, -0.2) is 22.1 Å². The van der Waals surface area contributed by atoms with Crippen molar-refractivity contribution in [1.29, 1.82) is 0 Å². The molecule has 0 atom stereocenters. The first-order valence-electron chi connectivity index (χ1n) is 4.76. The van der Waals surface area contributed by atoms with Crippen molar-refractivity contribution in [3.63, 3.8) is 0 Å². The summed E-state index contributed by atoms with van der Waals surface area (Å²) in [6.07, 6.45) is 4.25. The third kappa shape index (κ3) is 2.66. The van der Waals surface area contributed by atoms with Crippen LogP contribution in [0.1, 0.15) is 4.79 Å². The van der Waals surface area contributed by atoms with Gasteiger partial charge in [0.15, 0.2) is 18.2 Å². The average molecular weight is 238 g/mol. The molecule has 6 heteroatoms. The Morgan fingerprint density at radius 2 is 2.18 bits per heavy atom. The van der Waals surface area contributed by atoms with Crippen molar-refractivity contribution >= 4 is 5.91 Å². The fourth-order valence-corrected chi connectivity index (χ4v) is 1.19. The Morgan fingerprint density at radius 3 is 2.82 bits per heavy atom. The summed E-state index contributed by atoms with van der Waals surface area (Å²) in [5, 5.41) is 0. The third-order valence-corrected chi connectivity index (χ3v) is 2.05. The second kappa shape index (κ2) is 4.73. The summed E-state index contributed by atoms with van der Waals surface area (Å²) in [7, 11) is 0. The van der Waals surface area contributed by atoms with E-state index in [4.69, 9.17) is 4.74 Å². The molecule has 0 aliphatic carbocycles. The van der Waals surface area contributed by atoms with E-state index < -0.39 is 11.6 Å². The molecule has 0 spiro atoms. The monoisotopic (exact) mass is 238 g/mol. The highest BCUT2D eigenvalue weighted by molar-refractivity contribution is 5.80. The minimum absolute atomic E-state index is 0.0948. The zero-order valence-corrected chi connectivity index (χ0v) is 8.64. The molecule has 1 heterocycles. The maximum Gasteiger partial charge on any atom is 0.269 e. The Bertz CT molecular complexity index is 526. The Balaban J connectivity index is 1.98. The van der Waals surface area contributed by atoms with Gasteiger partial charge in [0.2, 0.25) is 0 Å². The van der Waals surface area contributed by atoms with Gasteiger partial charge in [-0.1, -0.05) is 0 Å². The van der Waals surface area contributed by atoms with Crippen molar-refractivity contribution in [2.24, 2.45) is 0 Å². The molecule has 0 radical (unpaired) electrons. The van der Waals surface area contributed by atoms with Crippen molar-refractivity contribution in [2.75, 3.05) is 6.61 Å². The van der Waals surface area contributed by atoms with Crippen LogP contribution in [-0.2, 0) is 0 Å². The van der Waals surface area contributed by atoms with Gasteiger partial charge in [0.1, 0.15) is 12.1 Å². The van der Waals surface area contributed by atoms with E-state index in [2.05, 4.69) is 4.98 Å². The number of imidazole rings is 1. The SMILES string of the molecule is O=C(COc1ccc(F)c(F)c1)n1ccnc1. The van der Waals surface area contributed by atoms with Crippen LogP contribution in [0.15, 0.2) is 36.9 Å². The van der Waals surface area contributed by atoms with Gasteiger partial charge in [-0.05, 0) is 12.1 Å². The molecule has 0 fully saturated rings. The van der Waals surface area contributed by atoms with Crippen LogP contribution in [0.5, 0.6) is 5.75 Å². The third-order valence-electron chi connectivity index (χ3n) is 2.05. The number of hydrogen-bond donors (Lipinski definition) is 0. The van der Waals surface area contributed by atoms with Crippen LogP contribution in [0.25, 0.3) is 0 Å². The molecular formula is C11H8F2N2O2. The predicted molar refractivity (Wildman–Crippen MR) is 54.7 cm³/mol. The van der Waals surface area contributed by atoms with Gasteiger partial charge < -0.3 is 4.74 Å². The molecule has 0 saturated carbocycles. The summed E-state index contributed by atoms with van der Waals surface area (Å²) in [5.74, 6) is -2.24. The number of nitrogens with zero attached hydrogens (tertiary/aromatic N) is 2.